The molecule has 1 aliphatic carbocycles. The summed E-state index contributed by atoms with van der Waals surface area (Å²) in [5, 5.41) is 0. The highest BCUT2D eigenvalue weighted by Crippen LogP contribution is 2.38. The lowest BCUT2D eigenvalue weighted by Gasteiger charge is -2.30. The van der Waals surface area contributed by atoms with E-state index in [2.05, 4.69) is 4.90 Å². The average Bonchev–Trinajstić information content (AvgIpc) is 2.73. The predicted octanol–water partition coefficient (Wildman–Crippen LogP) is 2.49. The Labute approximate surface area is 99.2 Å². The number of rotatable bonds is 1. The zero-order valence-electron chi connectivity index (χ0n) is 9.49. The van der Waals surface area contributed by atoms with E-state index in [-0.39, 0.29) is 5.82 Å². The Morgan fingerprint density at radius 1 is 1.29 bits per heavy atom. The van der Waals surface area contributed by atoms with E-state index >= 15 is 0 Å². The molecule has 3 rings (SSSR count). The molecule has 0 radical (unpaired) electrons. The molecule has 1 aromatic rings. The topological polar surface area (TPSA) is 29.5 Å². The van der Waals surface area contributed by atoms with Gasteiger partial charge in [-0.15, -0.1) is 0 Å². The molecular weight excluding hydrogens is 221 g/mol. The minimum atomic E-state index is -0.274. The first-order valence-electron chi connectivity index (χ1n) is 5.95. The van der Waals surface area contributed by atoms with Gasteiger partial charge in [0.25, 0.3) is 0 Å². The number of benzene rings is 1. The minimum absolute atomic E-state index is 0.274. The van der Waals surface area contributed by atoms with Crippen molar-refractivity contribution in [3.63, 3.8) is 0 Å². The predicted molar refractivity (Wildman–Crippen MR) is 61.6 cm³/mol. The van der Waals surface area contributed by atoms with Crippen LogP contribution in [0.2, 0.25) is 0 Å². The fourth-order valence-electron chi connectivity index (χ4n) is 2.59. The largest absolute Gasteiger partial charge is 0.471 e. The van der Waals surface area contributed by atoms with E-state index < -0.39 is 0 Å². The van der Waals surface area contributed by atoms with Crippen LogP contribution in [0.25, 0.3) is 0 Å². The van der Waals surface area contributed by atoms with E-state index in [0.717, 1.165) is 18.5 Å². The van der Waals surface area contributed by atoms with Crippen molar-refractivity contribution in [3.8, 4) is 5.75 Å². The molecule has 0 amide bonds. The van der Waals surface area contributed by atoms with E-state index in [0.29, 0.717) is 37.1 Å². The molecule has 1 aromatic carbocycles. The van der Waals surface area contributed by atoms with Crippen LogP contribution in [0.15, 0.2) is 18.2 Å². The van der Waals surface area contributed by atoms with Crippen molar-refractivity contribution in [1.82, 2.24) is 0 Å². The summed E-state index contributed by atoms with van der Waals surface area (Å²) in [5.41, 5.74) is 0.950. The second kappa shape index (κ2) is 4.02. The third-order valence-electron chi connectivity index (χ3n) is 3.54. The van der Waals surface area contributed by atoms with Gasteiger partial charge in [0.1, 0.15) is 17.3 Å². The first-order chi connectivity index (χ1) is 8.24. The van der Waals surface area contributed by atoms with E-state index in [1.54, 1.807) is 6.07 Å². The highest BCUT2D eigenvalue weighted by atomic mass is 19.1. The molecule has 17 heavy (non-hydrogen) atoms. The van der Waals surface area contributed by atoms with E-state index in [9.17, 15) is 9.18 Å². The number of hydrogen-bond donors (Lipinski definition) is 0. The molecule has 0 unspecified atom stereocenters. The smallest absolute Gasteiger partial charge is 0.161 e. The number of carbonyl (C=O) groups excluding carboxylic acids is 1. The van der Waals surface area contributed by atoms with Gasteiger partial charge >= 0.3 is 0 Å². The van der Waals surface area contributed by atoms with E-state index in [4.69, 9.17) is 4.74 Å². The molecule has 0 atom stereocenters. The quantitative estimate of drug-likeness (QED) is 0.749. The molecule has 0 N–H and O–H groups in total. The lowest BCUT2D eigenvalue weighted by Crippen LogP contribution is -2.37. The van der Waals surface area contributed by atoms with Gasteiger partial charge in [-0.25, -0.2) is 4.39 Å². The van der Waals surface area contributed by atoms with Gasteiger partial charge in [-0.3, -0.25) is 4.79 Å². The Morgan fingerprint density at radius 3 is 2.82 bits per heavy atom. The summed E-state index contributed by atoms with van der Waals surface area (Å²) < 4.78 is 18.5. The molecule has 4 heteroatoms. The molecule has 1 fully saturated rings. The zero-order valence-corrected chi connectivity index (χ0v) is 9.49. The van der Waals surface area contributed by atoms with Crippen LogP contribution in [-0.2, 0) is 4.79 Å². The lowest BCUT2D eigenvalue weighted by atomic mass is 9.93. The lowest BCUT2D eigenvalue weighted by molar-refractivity contribution is -0.120. The van der Waals surface area contributed by atoms with E-state index in [1.807, 2.05) is 0 Å². The summed E-state index contributed by atoms with van der Waals surface area (Å²) in [4.78, 5) is 13.4. The minimum Gasteiger partial charge on any atom is -0.471 e. The van der Waals surface area contributed by atoms with Gasteiger partial charge in [-0.2, -0.15) is 0 Å². The van der Waals surface area contributed by atoms with Crippen LogP contribution in [0.4, 0.5) is 10.1 Å². The Bertz CT molecular complexity index is 451. The molecular formula is C13H14FNO2. The maximum atomic E-state index is 13.0. The summed E-state index contributed by atoms with van der Waals surface area (Å²) in [7, 11) is 0. The number of hydrogen-bond acceptors (Lipinski definition) is 3. The Kier molecular flexibility index (Phi) is 2.50. The maximum Gasteiger partial charge on any atom is 0.161 e. The zero-order chi connectivity index (χ0) is 11.8. The number of carbonyl (C=O) groups is 1. The van der Waals surface area contributed by atoms with Crippen LogP contribution in [-0.4, -0.2) is 18.6 Å². The number of Topliss-reactive ketones (excluding diaryl/α,β-unsaturated/α-hetero) is 1. The summed E-state index contributed by atoms with van der Waals surface area (Å²) >= 11 is 0. The molecule has 0 spiro atoms. The first kappa shape index (κ1) is 10.6. The van der Waals surface area contributed by atoms with Gasteiger partial charge in [0, 0.05) is 24.9 Å². The number of anilines is 1. The molecule has 1 saturated carbocycles. The van der Waals surface area contributed by atoms with Gasteiger partial charge in [0.2, 0.25) is 0 Å². The first-order valence-corrected chi connectivity index (χ1v) is 5.95. The van der Waals surface area contributed by atoms with Crippen LogP contribution in [0.1, 0.15) is 25.7 Å². The van der Waals surface area contributed by atoms with Crippen molar-refractivity contribution in [2.24, 2.45) is 0 Å². The summed E-state index contributed by atoms with van der Waals surface area (Å²) in [6.07, 6.45) is 3.05. The molecule has 1 heterocycles. The van der Waals surface area contributed by atoms with Crippen molar-refractivity contribution in [2.45, 2.75) is 31.7 Å². The van der Waals surface area contributed by atoms with Crippen molar-refractivity contribution in [3.05, 3.63) is 24.0 Å². The van der Waals surface area contributed by atoms with Crippen LogP contribution < -0.4 is 9.64 Å². The van der Waals surface area contributed by atoms with Crippen molar-refractivity contribution in [1.29, 1.82) is 0 Å². The molecule has 0 saturated heterocycles. The van der Waals surface area contributed by atoms with E-state index in [1.165, 1.54) is 12.1 Å². The Hall–Kier alpha value is -1.58. The van der Waals surface area contributed by atoms with Crippen LogP contribution >= 0.6 is 0 Å². The number of ether oxygens (including phenoxy) is 1. The maximum absolute atomic E-state index is 13.0. The van der Waals surface area contributed by atoms with Crippen molar-refractivity contribution >= 4 is 11.5 Å². The number of nitrogens with zero attached hydrogens (tertiary/aromatic N) is 1. The van der Waals surface area contributed by atoms with Gasteiger partial charge in [-0.05, 0) is 25.0 Å². The van der Waals surface area contributed by atoms with Crippen LogP contribution in [0, 0.1) is 5.82 Å². The molecule has 90 valence electrons. The summed E-state index contributed by atoms with van der Waals surface area (Å²) in [5.74, 6) is 0.687. The van der Waals surface area contributed by atoms with Gasteiger partial charge in [0.15, 0.2) is 6.73 Å². The molecule has 0 aromatic heterocycles. The normalized spacial score (nSPS) is 20.3. The second-order valence-corrected chi connectivity index (χ2v) is 4.63. The number of fused-ring (bicyclic) bond motifs is 1. The van der Waals surface area contributed by atoms with Gasteiger partial charge < -0.3 is 9.64 Å². The van der Waals surface area contributed by atoms with Gasteiger partial charge in [0.05, 0.1) is 5.69 Å². The van der Waals surface area contributed by atoms with Crippen LogP contribution in [0.5, 0.6) is 5.75 Å². The highest BCUT2D eigenvalue weighted by molar-refractivity contribution is 5.79. The molecule has 1 aliphatic heterocycles. The Balaban J connectivity index is 1.81. The third kappa shape index (κ3) is 1.88. The van der Waals surface area contributed by atoms with Crippen molar-refractivity contribution < 1.29 is 13.9 Å². The Morgan fingerprint density at radius 2 is 2.06 bits per heavy atom. The fourth-order valence-corrected chi connectivity index (χ4v) is 2.59. The summed E-state index contributed by atoms with van der Waals surface area (Å²) in [6, 6.07) is 4.98. The SMILES string of the molecule is O=C1CCC(N2COc3cc(F)ccc32)CC1. The molecule has 0 bridgehead atoms. The molecule has 2 aliphatic rings. The highest BCUT2D eigenvalue weighted by Gasteiger charge is 2.30. The van der Waals surface area contributed by atoms with Crippen LogP contribution in [0.3, 0.4) is 0 Å². The van der Waals surface area contributed by atoms with Crippen molar-refractivity contribution in [2.75, 3.05) is 11.6 Å². The molecule has 3 nitrogen and oxygen atoms in total. The van der Waals surface area contributed by atoms with Gasteiger partial charge in [-0.1, -0.05) is 0 Å². The monoisotopic (exact) mass is 235 g/mol. The number of ketones is 1. The second-order valence-electron chi connectivity index (χ2n) is 4.63. The summed E-state index contributed by atoms with van der Waals surface area (Å²) in [6.45, 7) is 0.470. The fraction of sp³-hybridized carbons (Fsp3) is 0.462. The third-order valence-corrected chi connectivity index (χ3v) is 3.54. The number of halogens is 1. The average molecular weight is 235 g/mol. The standard InChI is InChI=1S/C13H14FNO2/c14-9-1-6-12-13(7-9)17-8-15(12)10-2-4-11(16)5-3-10/h1,6-7,10H,2-5,8H2.